The molecule has 0 aliphatic heterocycles. The number of hydrogen-bond donors (Lipinski definition) is 2. The summed E-state index contributed by atoms with van der Waals surface area (Å²) in [6.45, 7) is 3.78. The Bertz CT molecular complexity index is 669. The smallest absolute Gasteiger partial charge is 0.248 e. The second-order valence-electron chi connectivity index (χ2n) is 4.78. The highest BCUT2D eigenvalue weighted by Crippen LogP contribution is 2.15. The molecule has 2 N–H and O–H groups in total. The Kier molecular flexibility index (Phi) is 4.25. The number of benzene rings is 1. The Hall–Kier alpha value is -2.38. The van der Waals surface area contributed by atoms with Crippen molar-refractivity contribution in [2.75, 3.05) is 5.32 Å². The molecule has 21 heavy (non-hydrogen) atoms. The van der Waals surface area contributed by atoms with Gasteiger partial charge < -0.3 is 0 Å². The van der Waals surface area contributed by atoms with Crippen molar-refractivity contribution >= 4 is 11.9 Å². The van der Waals surface area contributed by atoms with Crippen LogP contribution in [-0.4, -0.2) is 21.1 Å². The third-order valence-electron chi connectivity index (χ3n) is 2.74. The first kappa shape index (κ1) is 15.0. The summed E-state index contributed by atoms with van der Waals surface area (Å²) in [5.74, 6) is -3.38. The average molecular weight is 298 g/mol. The molecule has 0 unspecified atom stereocenters. The molecule has 112 valence electrons. The van der Waals surface area contributed by atoms with Crippen molar-refractivity contribution in [3.05, 3.63) is 41.0 Å². The normalized spacial score (nSPS) is 11.0. The molecule has 0 bridgehead atoms. The van der Waals surface area contributed by atoms with Crippen LogP contribution in [0.25, 0.3) is 0 Å². The Morgan fingerprint density at radius 1 is 1.24 bits per heavy atom. The van der Waals surface area contributed by atoms with Crippen molar-refractivity contribution in [3.8, 4) is 0 Å². The van der Waals surface area contributed by atoms with Crippen LogP contribution in [0.3, 0.4) is 0 Å². The SMILES string of the molecule is CC(C)c1nc(NC(=O)Cc2cc(F)c(F)cc2F)n[nH]1. The van der Waals surface area contributed by atoms with Crippen LogP contribution in [0.1, 0.15) is 31.2 Å². The number of anilines is 1. The number of amides is 1. The van der Waals surface area contributed by atoms with Crippen LogP contribution in [0, 0.1) is 17.5 Å². The fourth-order valence-electron chi connectivity index (χ4n) is 1.63. The fraction of sp³-hybridized carbons (Fsp3) is 0.308. The lowest BCUT2D eigenvalue weighted by molar-refractivity contribution is -0.115. The van der Waals surface area contributed by atoms with E-state index in [0.717, 1.165) is 0 Å². The molecule has 2 rings (SSSR count). The van der Waals surface area contributed by atoms with Crippen molar-refractivity contribution < 1.29 is 18.0 Å². The molecule has 0 spiro atoms. The number of nitrogens with one attached hydrogen (secondary N) is 2. The minimum absolute atomic E-state index is 0.0479. The maximum Gasteiger partial charge on any atom is 0.248 e. The standard InChI is InChI=1S/C13H13F3N4O/c1-6(2)12-18-13(20-19-12)17-11(21)4-7-3-9(15)10(16)5-8(7)14/h3,5-6H,4H2,1-2H3,(H2,17,18,19,20,21). The minimum Gasteiger partial charge on any atom is -0.293 e. The molecule has 8 heteroatoms. The van der Waals surface area contributed by atoms with Gasteiger partial charge in [0.1, 0.15) is 11.6 Å². The Morgan fingerprint density at radius 2 is 1.90 bits per heavy atom. The van der Waals surface area contributed by atoms with Crippen LogP contribution in [0.15, 0.2) is 12.1 Å². The Morgan fingerprint density at radius 3 is 2.52 bits per heavy atom. The van der Waals surface area contributed by atoms with Gasteiger partial charge in [-0.1, -0.05) is 13.8 Å². The van der Waals surface area contributed by atoms with E-state index in [9.17, 15) is 18.0 Å². The summed E-state index contributed by atoms with van der Waals surface area (Å²) in [7, 11) is 0. The number of aromatic amines is 1. The molecule has 0 atom stereocenters. The largest absolute Gasteiger partial charge is 0.293 e. The third kappa shape index (κ3) is 3.59. The first-order valence-electron chi connectivity index (χ1n) is 6.22. The van der Waals surface area contributed by atoms with Gasteiger partial charge in [-0.05, 0) is 6.07 Å². The van der Waals surface area contributed by atoms with E-state index in [4.69, 9.17) is 0 Å². The number of H-pyrrole nitrogens is 1. The molecular formula is C13H13F3N4O. The number of halogens is 3. The Labute approximate surface area is 118 Å². The number of aromatic nitrogens is 3. The Balaban J connectivity index is 2.06. The molecule has 1 aromatic carbocycles. The van der Waals surface area contributed by atoms with E-state index in [-0.39, 0.29) is 17.4 Å². The minimum atomic E-state index is -1.30. The number of nitrogens with zero attached hydrogens (tertiary/aromatic N) is 2. The van der Waals surface area contributed by atoms with Crippen LogP contribution < -0.4 is 5.32 Å². The van der Waals surface area contributed by atoms with E-state index in [2.05, 4.69) is 20.5 Å². The molecule has 1 amide bonds. The van der Waals surface area contributed by atoms with Gasteiger partial charge in [0.25, 0.3) is 0 Å². The first-order valence-corrected chi connectivity index (χ1v) is 6.22. The highest BCUT2D eigenvalue weighted by molar-refractivity contribution is 5.90. The van der Waals surface area contributed by atoms with Crippen LogP contribution >= 0.6 is 0 Å². The van der Waals surface area contributed by atoms with Crippen molar-refractivity contribution in [2.45, 2.75) is 26.2 Å². The number of rotatable bonds is 4. The predicted octanol–water partition coefficient (Wildman–Crippen LogP) is 2.53. The number of carbonyl (C=O) groups is 1. The lowest BCUT2D eigenvalue weighted by atomic mass is 10.1. The molecule has 0 saturated carbocycles. The van der Waals surface area contributed by atoms with Crippen molar-refractivity contribution in [1.29, 1.82) is 0 Å². The van der Waals surface area contributed by atoms with Gasteiger partial charge in [0, 0.05) is 17.5 Å². The lowest BCUT2D eigenvalue weighted by Crippen LogP contribution is -2.16. The van der Waals surface area contributed by atoms with Crippen LogP contribution in [0.2, 0.25) is 0 Å². The average Bonchev–Trinajstić information content (AvgIpc) is 2.84. The second kappa shape index (κ2) is 5.94. The van der Waals surface area contributed by atoms with Gasteiger partial charge in [-0.25, -0.2) is 13.2 Å². The summed E-state index contributed by atoms with van der Waals surface area (Å²) < 4.78 is 39.2. The number of hydrogen-bond acceptors (Lipinski definition) is 3. The molecule has 0 radical (unpaired) electrons. The van der Waals surface area contributed by atoms with Crippen molar-refractivity contribution in [3.63, 3.8) is 0 Å². The molecule has 0 saturated heterocycles. The van der Waals surface area contributed by atoms with Gasteiger partial charge in [-0.15, -0.1) is 5.10 Å². The zero-order chi connectivity index (χ0) is 15.6. The lowest BCUT2D eigenvalue weighted by Gasteiger charge is -2.04. The highest BCUT2D eigenvalue weighted by Gasteiger charge is 2.15. The predicted molar refractivity (Wildman–Crippen MR) is 69.1 cm³/mol. The van der Waals surface area contributed by atoms with Gasteiger partial charge in [0.2, 0.25) is 11.9 Å². The van der Waals surface area contributed by atoms with E-state index < -0.39 is 29.8 Å². The zero-order valence-electron chi connectivity index (χ0n) is 11.4. The van der Waals surface area contributed by atoms with E-state index >= 15 is 0 Å². The summed E-state index contributed by atoms with van der Waals surface area (Å²) in [5, 5.41) is 8.77. The first-order chi connectivity index (χ1) is 9.86. The van der Waals surface area contributed by atoms with Crippen LogP contribution in [0.5, 0.6) is 0 Å². The highest BCUT2D eigenvalue weighted by atomic mass is 19.2. The fourth-order valence-corrected chi connectivity index (χ4v) is 1.63. The molecule has 1 heterocycles. The van der Waals surface area contributed by atoms with Gasteiger partial charge in [-0.2, -0.15) is 4.98 Å². The summed E-state index contributed by atoms with van der Waals surface area (Å²) in [5.41, 5.74) is -0.244. The van der Waals surface area contributed by atoms with Crippen molar-refractivity contribution in [2.24, 2.45) is 0 Å². The van der Waals surface area contributed by atoms with Gasteiger partial charge in [-0.3, -0.25) is 15.2 Å². The molecule has 0 aliphatic rings. The maximum absolute atomic E-state index is 13.4. The van der Waals surface area contributed by atoms with E-state index in [1.807, 2.05) is 13.8 Å². The summed E-state index contributed by atoms with van der Waals surface area (Å²) in [6.07, 6.45) is -0.450. The number of carbonyl (C=O) groups excluding carboxylic acids is 1. The molecule has 5 nitrogen and oxygen atoms in total. The molecule has 2 aromatic rings. The van der Waals surface area contributed by atoms with E-state index in [1.165, 1.54) is 0 Å². The van der Waals surface area contributed by atoms with E-state index in [0.29, 0.717) is 18.0 Å². The topological polar surface area (TPSA) is 70.7 Å². The van der Waals surface area contributed by atoms with Crippen LogP contribution in [-0.2, 0) is 11.2 Å². The molecule has 0 fully saturated rings. The molecule has 0 aliphatic carbocycles. The zero-order valence-corrected chi connectivity index (χ0v) is 11.4. The van der Waals surface area contributed by atoms with Gasteiger partial charge in [0.15, 0.2) is 11.6 Å². The maximum atomic E-state index is 13.4. The molecule has 1 aromatic heterocycles. The molecular weight excluding hydrogens is 285 g/mol. The monoisotopic (exact) mass is 298 g/mol. The van der Waals surface area contributed by atoms with Gasteiger partial charge in [0.05, 0.1) is 6.42 Å². The summed E-state index contributed by atoms with van der Waals surface area (Å²) in [6, 6.07) is 1.06. The summed E-state index contributed by atoms with van der Waals surface area (Å²) in [4.78, 5) is 15.7. The van der Waals surface area contributed by atoms with Crippen LogP contribution in [0.4, 0.5) is 19.1 Å². The third-order valence-corrected chi connectivity index (χ3v) is 2.74. The quantitative estimate of drug-likeness (QED) is 0.852. The van der Waals surface area contributed by atoms with Gasteiger partial charge >= 0.3 is 0 Å². The van der Waals surface area contributed by atoms with E-state index in [1.54, 1.807) is 0 Å². The second-order valence-corrected chi connectivity index (χ2v) is 4.78. The van der Waals surface area contributed by atoms with Crippen molar-refractivity contribution in [1.82, 2.24) is 15.2 Å². The summed E-state index contributed by atoms with van der Waals surface area (Å²) >= 11 is 0.